The highest BCUT2D eigenvalue weighted by molar-refractivity contribution is 6.44. The number of ether oxygens (including phenoxy) is 1. The highest BCUT2D eigenvalue weighted by atomic mass is 35.5. The minimum Gasteiger partial charge on any atom is -0.453 e. The van der Waals surface area contributed by atoms with Gasteiger partial charge in [-0.1, -0.05) is 30.3 Å². The van der Waals surface area contributed by atoms with Crippen LogP contribution >= 0.6 is 23.2 Å². The summed E-state index contributed by atoms with van der Waals surface area (Å²) in [6, 6.07) is 9.06. The Morgan fingerprint density at radius 2 is 2.00 bits per heavy atom. The van der Waals surface area contributed by atoms with Gasteiger partial charge in [-0.2, -0.15) is 0 Å². The van der Waals surface area contributed by atoms with Crippen LogP contribution in [0.2, 0.25) is 0 Å². The number of methoxy groups -OCH3 is 1. The van der Waals surface area contributed by atoms with Crippen LogP contribution in [0.4, 0.5) is 4.79 Å². The summed E-state index contributed by atoms with van der Waals surface area (Å²) < 4.78 is 4.44. The predicted molar refractivity (Wildman–Crippen MR) is 72.0 cm³/mol. The Morgan fingerprint density at radius 1 is 1.39 bits per heavy atom. The molecule has 5 nitrogen and oxygen atoms in total. The Morgan fingerprint density at radius 3 is 2.50 bits per heavy atom. The quantitative estimate of drug-likeness (QED) is 0.505. The van der Waals surface area contributed by atoms with E-state index < -0.39 is 17.1 Å². The molecular weight excluding hydrogens is 277 g/mol. The number of hydrogen-bond donors (Lipinski definition) is 2. The van der Waals surface area contributed by atoms with Gasteiger partial charge in [-0.3, -0.25) is 5.32 Å². The van der Waals surface area contributed by atoms with Crippen molar-refractivity contribution in [1.29, 1.82) is 0 Å². The van der Waals surface area contributed by atoms with E-state index in [1.54, 1.807) is 12.1 Å². The van der Waals surface area contributed by atoms with Crippen LogP contribution < -0.4 is 11.1 Å². The number of aliphatic imine (C=N–C) groups is 1. The van der Waals surface area contributed by atoms with Crippen LogP contribution in [0.15, 0.2) is 35.3 Å². The number of rotatable bonds is 4. The molecule has 0 saturated heterocycles. The summed E-state index contributed by atoms with van der Waals surface area (Å²) in [7, 11) is 1.23. The molecule has 0 aliphatic heterocycles. The first-order valence-electron chi connectivity index (χ1n) is 5.06. The van der Waals surface area contributed by atoms with Gasteiger partial charge in [0, 0.05) is 5.56 Å². The SMILES string of the molecule is COC(=O)N[C@H](N=C(N)c1ccccc1)C(Cl)Cl. The molecule has 0 saturated carbocycles. The van der Waals surface area contributed by atoms with Gasteiger partial charge >= 0.3 is 6.09 Å². The van der Waals surface area contributed by atoms with Gasteiger partial charge in [0.1, 0.15) is 10.7 Å². The molecule has 0 spiro atoms. The first kappa shape index (κ1) is 14.6. The predicted octanol–water partition coefficient (Wildman–Crippen LogP) is 1.88. The summed E-state index contributed by atoms with van der Waals surface area (Å²) in [6.45, 7) is 0. The summed E-state index contributed by atoms with van der Waals surface area (Å²) >= 11 is 11.4. The molecule has 0 radical (unpaired) electrons. The van der Waals surface area contributed by atoms with Gasteiger partial charge in [-0.05, 0) is 0 Å². The van der Waals surface area contributed by atoms with Crippen LogP contribution in [0.1, 0.15) is 5.56 Å². The molecule has 0 fully saturated rings. The van der Waals surface area contributed by atoms with Gasteiger partial charge in [0.05, 0.1) is 7.11 Å². The van der Waals surface area contributed by atoms with Crippen molar-refractivity contribution in [2.45, 2.75) is 11.0 Å². The average Bonchev–Trinajstić information content (AvgIpc) is 2.38. The number of carbonyl (C=O) groups is 1. The molecule has 98 valence electrons. The summed E-state index contributed by atoms with van der Waals surface area (Å²) in [4.78, 5) is 14.2. The first-order chi connectivity index (χ1) is 8.54. The molecule has 0 aliphatic carbocycles. The Bertz CT molecular complexity index is 424. The summed E-state index contributed by atoms with van der Waals surface area (Å²) in [5.41, 5.74) is 6.50. The zero-order valence-corrected chi connectivity index (χ0v) is 11.2. The van der Waals surface area contributed by atoms with E-state index in [1.807, 2.05) is 18.2 Å². The monoisotopic (exact) mass is 289 g/mol. The molecule has 3 N–H and O–H groups in total. The topological polar surface area (TPSA) is 76.7 Å². The van der Waals surface area contributed by atoms with Crippen molar-refractivity contribution in [1.82, 2.24) is 5.32 Å². The lowest BCUT2D eigenvalue weighted by molar-refractivity contribution is 0.167. The van der Waals surface area contributed by atoms with Crippen molar-refractivity contribution in [3.63, 3.8) is 0 Å². The molecular formula is C11H13Cl2N3O2. The maximum Gasteiger partial charge on any atom is 0.408 e. The van der Waals surface area contributed by atoms with Crippen LogP contribution in [-0.4, -0.2) is 30.0 Å². The molecule has 7 heteroatoms. The van der Waals surface area contributed by atoms with Gasteiger partial charge in [0.15, 0.2) is 6.17 Å². The van der Waals surface area contributed by atoms with Gasteiger partial charge < -0.3 is 10.5 Å². The fourth-order valence-corrected chi connectivity index (χ4v) is 1.40. The van der Waals surface area contributed by atoms with Crippen LogP contribution in [0.3, 0.4) is 0 Å². The Balaban J connectivity index is 2.85. The highest BCUT2D eigenvalue weighted by Crippen LogP contribution is 2.10. The maximum atomic E-state index is 11.1. The first-order valence-corrected chi connectivity index (χ1v) is 5.93. The standard InChI is InChI=1S/C11H13Cl2N3O2/c1-18-11(17)16-10(8(12)13)15-9(14)7-5-3-2-4-6-7/h2-6,8,10H,1H3,(H2,14,15)(H,16,17)/t10-/m0/s1. The number of benzene rings is 1. The molecule has 1 aromatic rings. The fraction of sp³-hybridized carbons (Fsp3) is 0.273. The second kappa shape index (κ2) is 7.08. The summed E-state index contributed by atoms with van der Waals surface area (Å²) in [5.74, 6) is 0.225. The largest absolute Gasteiger partial charge is 0.453 e. The third-order valence-electron chi connectivity index (χ3n) is 2.04. The number of alkyl carbamates (subject to hydrolysis) is 1. The van der Waals surface area contributed by atoms with Gasteiger partial charge in [-0.15, -0.1) is 23.2 Å². The van der Waals surface area contributed by atoms with Crippen molar-refractivity contribution in [2.24, 2.45) is 10.7 Å². The molecule has 0 aliphatic rings. The zero-order valence-electron chi connectivity index (χ0n) is 9.64. The van der Waals surface area contributed by atoms with E-state index in [0.717, 1.165) is 0 Å². The van der Waals surface area contributed by atoms with E-state index in [4.69, 9.17) is 28.9 Å². The minimum absolute atomic E-state index is 0.225. The lowest BCUT2D eigenvalue weighted by atomic mass is 10.2. The molecule has 1 aromatic carbocycles. The number of halogens is 2. The zero-order chi connectivity index (χ0) is 13.5. The number of alkyl halides is 2. The van der Waals surface area contributed by atoms with Crippen molar-refractivity contribution >= 4 is 35.1 Å². The molecule has 1 rings (SSSR count). The van der Waals surface area contributed by atoms with E-state index in [1.165, 1.54) is 7.11 Å². The molecule has 1 atom stereocenters. The third kappa shape index (κ3) is 4.43. The third-order valence-corrected chi connectivity index (χ3v) is 2.51. The van der Waals surface area contributed by atoms with Gasteiger partial charge in [-0.25, -0.2) is 9.79 Å². The Hall–Kier alpha value is -1.46. The molecule has 0 unspecified atom stereocenters. The van der Waals surface area contributed by atoms with Crippen LogP contribution in [0.5, 0.6) is 0 Å². The van der Waals surface area contributed by atoms with Crippen molar-refractivity contribution in [2.75, 3.05) is 7.11 Å². The number of hydrogen-bond acceptors (Lipinski definition) is 3. The van der Waals surface area contributed by atoms with Crippen LogP contribution in [-0.2, 0) is 4.74 Å². The number of nitrogens with one attached hydrogen (secondary N) is 1. The minimum atomic E-state index is -0.939. The van der Waals surface area contributed by atoms with Crippen LogP contribution in [0, 0.1) is 0 Å². The Kier molecular flexibility index (Phi) is 5.74. The smallest absolute Gasteiger partial charge is 0.408 e. The van der Waals surface area contributed by atoms with Crippen molar-refractivity contribution < 1.29 is 9.53 Å². The lowest BCUT2D eigenvalue weighted by Gasteiger charge is -2.15. The number of nitrogens with zero attached hydrogens (tertiary/aromatic N) is 1. The molecule has 0 heterocycles. The molecule has 0 aromatic heterocycles. The summed E-state index contributed by atoms with van der Waals surface area (Å²) in [5, 5.41) is 2.37. The van der Waals surface area contributed by atoms with Gasteiger partial charge in [0.2, 0.25) is 0 Å². The molecule has 0 bridgehead atoms. The lowest BCUT2D eigenvalue weighted by Crippen LogP contribution is -2.39. The van der Waals surface area contributed by atoms with E-state index in [9.17, 15) is 4.79 Å². The van der Waals surface area contributed by atoms with E-state index >= 15 is 0 Å². The summed E-state index contributed by atoms with van der Waals surface area (Å²) in [6.07, 6.45) is -1.56. The number of carbonyl (C=O) groups excluding carboxylic acids is 1. The number of amides is 1. The van der Waals surface area contributed by atoms with E-state index in [2.05, 4.69) is 15.0 Å². The van der Waals surface area contributed by atoms with Crippen molar-refractivity contribution in [3.8, 4) is 0 Å². The molecule has 1 amide bonds. The average molecular weight is 290 g/mol. The van der Waals surface area contributed by atoms with E-state index in [0.29, 0.717) is 5.56 Å². The fourth-order valence-electron chi connectivity index (χ4n) is 1.16. The van der Waals surface area contributed by atoms with Gasteiger partial charge in [0.25, 0.3) is 0 Å². The number of nitrogens with two attached hydrogens (primary N) is 1. The second-order valence-electron chi connectivity index (χ2n) is 3.30. The highest BCUT2D eigenvalue weighted by Gasteiger charge is 2.19. The number of amidine groups is 1. The van der Waals surface area contributed by atoms with Crippen molar-refractivity contribution in [3.05, 3.63) is 35.9 Å². The van der Waals surface area contributed by atoms with E-state index in [-0.39, 0.29) is 5.84 Å². The maximum absolute atomic E-state index is 11.1. The van der Waals surface area contributed by atoms with Crippen LogP contribution in [0.25, 0.3) is 0 Å². The second-order valence-corrected chi connectivity index (χ2v) is 4.46. The molecule has 18 heavy (non-hydrogen) atoms. The normalized spacial score (nSPS) is 13.2. The Labute approximate surface area is 115 Å².